The monoisotopic (exact) mass is 638 g/mol. The Morgan fingerprint density at radius 2 is 0.900 bits per heavy atom. The molecule has 0 spiro atoms. The molecule has 1 atom stereocenters. The molecule has 1 unspecified atom stereocenters. The van der Waals surface area contributed by atoms with Gasteiger partial charge in [0.1, 0.15) is 0 Å². The summed E-state index contributed by atoms with van der Waals surface area (Å²) in [5.41, 5.74) is 16.0. The van der Waals surface area contributed by atoms with Gasteiger partial charge in [0.25, 0.3) is 0 Å². The predicted octanol–water partition coefficient (Wildman–Crippen LogP) is 12.1. The maximum Gasteiger partial charge on any atom is 0.160 e. The van der Waals surface area contributed by atoms with Crippen molar-refractivity contribution in [1.29, 1.82) is 0 Å². The summed E-state index contributed by atoms with van der Waals surface area (Å²) in [5, 5.41) is 0. The van der Waals surface area contributed by atoms with Crippen LogP contribution in [0.4, 0.5) is 0 Å². The van der Waals surface area contributed by atoms with E-state index in [9.17, 15) is 0 Å². The molecule has 1 aromatic heterocycles. The Hall–Kier alpha value is -6.38. The molecule has 2 heteroatoms. The van der Waals surface area contributed by atoms with Gasteiger partial charge in [-0.05, 0) is 69.1 Å². The first-order valence-electron chi connectivity index (χ1n) is 17.2. The van der Waals surface area contributed by atoms with E-state index in [0.29, 0.717) is 5.82 Å². The second-order valence-corrected chi connectivity index (χ2v) is 13.1. The largest absolute Gasteiger partial charge is 0.228 e. The Kier molecular flexibility index (Phi) is 7.29. The van der Waals surface area contributed by atoms with Gasteiger partial charge in [-0.2, -0.15) is 0 Å². The van der Waals surface area contributed by atoms with Crippen LogP contribution in [0.15, 0.2) is 188 Å². The fourth-order valence-corrected chi connectivity index (χ4v) is 7.72. The molecule has 0 amide bonds. The van der Waals surface area contributed by atoms with Crippen LogP contribution < -0.4 is 0 Å². The molecular formula is C48H34N2. The maximum absolute atomic E-state index is 5.14. The van der Waals surface area contributed by atoms with Crippen molar-refractivity contribution in [2.45, 2.75) is 12.3 Å². The summed E-state index contributed by atoms with van der Waals surface area (Å²) in [5.74, 6) is 0.715. The number of rotatable bonds is 6. The highest BCUT2D eigenvalue weighted by Crippen LogP contribution is 2.56. The minimum absolute atomic E-state index is 0.278. The van der Waals surface area contributed by atoms with Crippen molar-refractivity contribution in [2.24, 2.45) is 0 Å². The van der Waals surface area contributed by atoms with E-state index in [4.69, 9.17) is 9.97 Å². The molecule has 0 N–H and O–H groups in total. The molecular weight excluding hydrogens is 605 g/mol. The lowest BCUT2D eigenvalue weighted by molar-refractivity contribution is 0.714. The number of nitrogens with zero attached hydrogens (tertiary/aromatic N) is 2. The van der Waals surface area contributed by atoms with E-state index in [1.165, 1.54) is 44.5 Å². The molecule has 0 saturated heterocycles. The van der Waals surface area contributed by atoms with Gasteiger partial charge in [-0.3, -0.25) is 0 Å². The zero-order chi connectivity index (χ0) is 33.5. The molecule has 1 heterocycles. The fraction of sp³-hybridized carbons (Fsp3) is 0.0417. The van der Waals surface area contributed by atoms with E-state index in [-0.39, 0.29) is 5.41 Å². The smallest absolute Gasteiger partial charge is 0.160 e. The molecule has 0 saturated carbocycles. The number of hydrogen-bond acceptors (Lipinski definition) is 2. The second-order valence-electron chi connectivity index (χ2n) is 13.1. The van der Waals surface area contributed by atoms with Gasteiger partial charge in [0, 0.05) is 22.1 Å². The minimum atomic E-state index is -0.278. The molecule has 8 aromatic rings. The number of fused-ring (bicyclic) bond motifs is 3. The third kappa shape index (κ3) is 4.96. The summed E-state index contributed by atoms with van der Waals surface area (Å²) in [6, 6.07) is 67.0. The predicted molar refractivity (Wildman–Crippen MR) is 207 cm³/mol. The number of aromatic nitrogens is 2. The normalized spacial score (nSPS) is 14.6. The van der Waals surface area contributed by atoms with Crippen LogP contribution in [0.1, 0.15) is 23.6 Å². The highest BCUT2D eigenvalue weighted by molar-refractivity contribution is 6.01. The molecule has 1 aliphatic rings. The fourth-order valence-electron chi connectivity index (χ4n) is 7.72. The van der Waals surface area contributed by atoms with Crippen molar-refractivity contribution >= 4 is 0 Å². The quantitative estimate of drug-likeness (QED) is 0.181. The standard InChI is InChI=1S/C48H34N2/c1-48(38-25-12-5-13-26-38)41-28-15-14-27-40(41)46-42(48)30-29-39(45(46)34-19-8-3-9-20-34)36-23-16-24-37(31-36)44-32-43(33-17-6-2-7-18-33)49-47(50-44)35-21-10-4-11-22-35/h2-32H,1H3. The Balaban J connectivity index is 1.26. The molecule has 0 bridgehead atoms. The first kappa shape index (κ1) is 29.7. The number of benzene rings is 7. The Bertz CT molecular complexity index is 2410. The van der Waals surface area contributed by atoms with E-state index in [2.05, 4.69) is 171 Å². The molecule has 9 rings (SSSR count). The first-order chi connectivity index (χ1) is 24.7. The van der Waals surface area contributed by atoms with E-state index in [0.717, 1.165) is 33.6 Å². The van der Waals surface area contributed by atoms with Gasteiger partial charge in [0.05, 0.1) is 11.4 Å². The summed E-state index contributed by atoms with van der Waals surface area (Å²) in [6.45, 7) is 2.38. The van der Waals surface area contributed by atoms with Crippen LogP contribution >= 0.6 is 0 Å². The van der Waals surface area contributed by atoms with Crippen molar-refractivity contribution in [3.05, 3.63) is 205 Å². The summed E-state index contributed by atoms with van der Waals surface area (Å²) in [4.78, 5) is 10.2. The third-order valence-corrected chi connectivity index (χ3v) is 10.2. The van der Waals surface area contributed by atoms with Crippen LogP contribution in [-0.4, -0.2) is 9.97 Å². The van der Waals surface area contributed by atoms with Gasteiger partial charge < -0.3 is 0 Å². The molecule has 0 radical (unpaired) electrons. The summed E-state index contributed by atoms with van der Waals surface area (Å²) < 4.78 is 0. The average molecular weight is 639 g/mol. The van der Waals surface area contributed by atoms with Gasteiger partial charge in [-0.1, -0.05) is 176 Å². The highest BCUT2D eigenvalue weighted by atomic mass is 14.9. The van der Waals surface area contributed by atoms with Crippen molar-refractivity contribution in [3.63, 3.8) is 0 Å². The minimum Gasteiger partial charge on any atom is -0.228 e. The third-order valence-electron chi connectivity index (χ3n) is 10.2. The molecule has 7 aromatic carbocycles. The van der Waals surface area contributed by atoms with Crippen LogP contribution in [0.2, 0.25) is 0 Å². The van der Waals surface area contributed by atoms with Gasteiger partial charge >= 0.3 is 0 Å². The molecule has 50 heavy (non-hydrogen) atoms. The summed E-state index contributed by atoms with van der Waals surface area (Å²) >= 11 is 0. The molecule has 1 aliphatic carbocycles. The summed E-state index contributed by atoms with van der Waals surface area (Å²) in [6.07, 6.45) is 0. The van der Waals surface area contributed by atoms with Crippen LogP contribution in [0.5, 0.6) is 0 Å². The zero-order valence-electron chi connectivity index (χ0n) is 27.8. The van der Waals surface area contributed by atoms with Gasteiger partial charge in [0.15, 0.2) is 5.82 Å². The molecule has 236 valence electrons. The topological polar surface area (TPSA) is 25.8 Å². The summed E-state index contributed by atoms with van der Waals surface area (Å²) in [7, 11) is 0. The van der Waals surface area contributed by atoms with Gasteiger partial charge in [-0.25, -0.2) is 9.97 Å². The van der Waals surface area contributed by atoms with E-state index < -0.39 is 0 Å². The lowest BCUT2D eigenvalue weighted by atomic mass is 9.73. The van der Waals surface area contributed by atoms with Crippen LogP contribution in [-0.2, 0) is 5.41 Å². The lowest BCUT2D eigenvalue weighted by Crippen LogP contribution is -2.22. The maximum atomic E-state index is 5.14. The first-order valence-corrected chi connectivity index (χ1v) is 17.2. The van der Waals surface area contributed by atoms with E-state index in [1.54, 1.807) is 0 Å². The van der Waals surface area contributed by atoms with Gasteiger partial charge in [0.2, 0.25) is 0 Å². The lowest BCUT2D eigenvalue weighted by Gasteiger charge is -2.29. The Morgan fingerprint density at radius 3 is 1.60 bits per heavy atom. The number of hydrogen-bond donors (Lipinski definition) is 0. The van der Waals surface area contributed by atoms with E-state index >= 15 is 0 Å². The van der Waals surface area contributed by atoms with Crippen molar-refractivity contribution in [2.75, 3.05) is 0 Å². The van der Waals surface area contributed by atoms with Crippen molar-refractivity contribution < 1.29 is 0 Å². The average Bonchev–Trinajstić information content (AvgIpc) is 3.47. The second kappa shape index (κ2) is 12.3. The molecule has 0 fully saturated rings. The highest BCUT2D eigenvalue weighted by Gasteiger charge is 2.42. The van der Waals surface area contributed by atoms with Crippen LogP contribution in [0, 0.1) is 0 Å². The molecule has 0 aliphatic heterocycles. The van der Waals surface area contributed by atoms with Crippen LogP contribution in [0.3, 0.4) is 0 Å². The Morgan fingerprint density at radius 1 is 0.360 bits per heavy atom. The van der Waals surface area contributed by atoms with E-state index in [1.807, 2.05) is 24.3 Å². The van der Waals surface area contributed by atoms with Crippen molar-refractivity contribution in [3.8, 4) is 67.3 Å². The molecule has 2 nitrogen and oxygen atoms in total. The zero-order valence-corrected chi connectivity index (χ0v) is 27.8. The Labute approximate surface area is 293 Å². The SMILES string of the molecule is CC1(c2ccccc2)c2ccccc2-c2c1ccc(-c1cccc(-c3cc(-c4ccccc4)nc(-c4ccccc4)n3)c1)c2-c1ccccc1. The van der Waals surface area contributed by atoms with Crippen LogP contribution in [0.25, 0.3) is 67.3 Å². The van der Waals surface area contributed by atoms with Crippen molar-refractivity contribution in [1.82, 2.24) is 9.97 Å². The van der Waals surface area contributed by atoms with Gasteiger partial charge in [-0.15, -0.1) is 0 Å².